The minimum absolute atomic E-state index is 0.127. The van der Waals surface area contributed by atoms with Gasteiger partial charge in [0.15, 0.2) is 18.9 Å². The first-order valence-electron chi connectivity index (χ1n) is 9.48. The zero-order valence-corrected chi connectivity index (χ0v) is 18.0. The van der Waals surface area contributed by atoms with Crippen molar-refractivity contribution in [2.24, 2.45) is 0 Å². The molecule has 1 aromatic carbocycles. The molecule has 0 radical (unpaired) electrons. The third-order valence-corrected chi connectivity index (χ3v) is 6.01. The predicted octanol–water partition coefficient (Wildman–Crippen LogP) is 2.03. The lowest BCUT2D eigenvalue weighted by Gasteiger charge is -2.21. The van der Waals surface area contributed by atoms with E-state index in [0.29, 0.717) is 24.9 Å². The number of rotatable bonds is 7. The molecule has 0 aliphatic carbocycles. The Morgan fingerprint density at radius 2 is 1.90 bits per heavy atom. The van der Waals surface area contributed by atoms with Crippen LogP contribution in [0.1, 0.15) is 24.8 Å². The van der Waals surface area contributed by atoms with Crippen molar-refractivity contribution in [3.05, 3.63) is 38.5 Å². The molecule has 2 N–H and O–H groups in total. The summed E-state index contributed by atoms with van der Waals surface area (Å²) in [6.45, 7) is 3.86. The van der Waals surface area contributed by atoms with Gasteiger partial charge in [0, 0.05) is 39.2 Å². The zero-order valence-electron chi connectivity index (χ0n) is 17.1. The summed E-state index contributed by atoms with van der Waals surface area (Å²) in [5.41, 5.74) is 2.33. The summed E-state index contributed by atoms with van der Waals surface area (Å²) >= 11 is 0. The molecule has 0 saturated heterocycles. The highest BCUT2D eigenvalue weighted by Crippen LogP contribution is 2.36. The molecule has 0 bridgehead atoms. The summed E-state index contributed by atoms with van der Waals surface area (Å²) in [6, 6.07) is 3.91. The quantitative estimate of drug-likeness (QED) is 0.341. The smallest absolute Gasteiger partial charge is 0.349 e. The number of aromatic amines is 1. The van der Waals surface area contributed by atoms with Gasteiger partial charge in [0.25, 0.3) is 5.56 Å². The van der Waals surface area contributed by atoms with Gasteiger partial charge in [0.2, 0.25) is 0 Å². The molecule has 3 rings (SSSR count). The number of hydrogen-bond acceptors (Lipinski definition) is 6. The van der Waals surface area contributed by atoms with Crippen LogP contribution < -0.4 is 16.1 Å². The van der Waals surface area contributed by atoms with Crippen molar-refractivity contribution < 1.29 is 9.46 Å². The summed E-state index contributed by atoms with van der Waals surface area (Å²) in [4.78, 5) is 46.2. The van der Waals surface area contributed by atoms with Gasteiger partial charge in [-0.1, -0.05) is 6.42 Å². The summed E-state index contributed by atoms with van der Waals surface area (Å²) in [6.07, 6.45) is 2.38. The molecule has 0 spiro atoms. The number of aryl methyl sites for hydroxylation is 2. The van der Waals surface area contributed by atoms with Gasteiger partial charge in [-0.05, 0) is 37.5 Å². The summed E-state index contributed by atoms with van der Waals surface area (Å²) < 4.78 is 13.3. The first-order chi connectivity index (χ1) is 13.6. The molecule has 0 fully saturated rings. The van der Waals surface area contributed by atoms with Crippen LogP contribution in [-0.2, 0) is 11.1 Å². The fourth-order valence-electron chi connectivity index (χ4n) is 3.49. The Kier molecular flexibility index (Phi) is 5.91. The normalized spacial score (nSPS) is 13.7. The molecule has 156 valence electrons. The lowest BCUT2D eigenvalue weighted by atomic mass is 10.1. The van der Waals surface area contributed by atoms with Crippen LogP contribution in [0.15, 0.2) is 21.7 Å². The van der Waals surface area contributed by atoms with Gasteiger partial charge in [-0.15, -0.1) is 0 Å². The van der Waals surface area contributed by atoms with E-state index in [2.05, 4.69) is 15.0 Å². The van der Waals surface area contributed by atoms with E-state index < -0.39 is 18.6 Å². The van der Waals surface area contributed by atoms with E-state index in [1.54, 1.807) is 0 Å². The maximum atomic E-state index is 12.3. The van der Waals surface area contributed by atoms with E-state index in [0.717, 1.165) is 23.2 Å². The predicted molar refractivity (Wildman–Crippen MR) is 115 cm³/mol. The Morgan fingerprint density at radius 3 is 2.55 bits per heavy atom. The minimum atomic E-state index is -3.01. The molecule has 1 unspecified atom stereocenters. The molecule has 2 aliphatic rings. The molecule has 10 heteroatoms. The number of nitrogens with one attached hydrogen (secondary N) is 1. The Hall–Kier alpha value is -2.51. The van der Waals surface area contributed by atoms with Crippen molar-refractivity contribution in [3.63, 3.8) is 0 Å². The molecular weight excluding hydrogens is 393 g/mol. The maximum absolute atomic E-state index is 12.3. The monoisotopic (exact) mass is 419 g/mol. The van der Waals surface area contributed by atoms with Crippen molar-refractivity contribution in [2.45, 2.75) is 32.7 Å². The highest BCUT2D eigenvalue weighted by atomic mass is 31.2. The molecule has 1 aromatic rings. The van der Waals surface area contributed by atoms with Gasteiger partial charge in [-0.25, -0.2) is 9.78 Å². The number of benzene rings is 1. The number of aromatic nitrogens is 4. The Morgan fingerprint density at radius 1 is 1.17 bits per heavy atom. The highest BCUT2D eigenvalue weighted by molar-refractivity contribution is 7.57. The lowest BCUT2D eigenvalue weighted by molar-refractivity contribution is 0.480. The number of nitrogens with zero attached hydrogens (tertiary/aromatic N) is 4. The molecule has 2 heterocycles. The van der Waals surface area contributed by atoms with E-state index in [1.165, 1.54) is 6.66 Å². The first-order valence-corrected chi connectivity index (χ1v) is 11.8. The van der Waals surface area contributed by atoms with Gasteiger partial charge >= 0.3 is 5.69 Å². The number of hydrogen-bond donors (Lipinski definition) is 2. The van der Waals surface area contributed by atoms with Crippen LogP contribution in [-0.4, -0.2) is 51.3 Å². The van der Waals surface area contributed by atoms with Crippen LogP contribution in [0.3, 0.4) is 0 Å². The second-order valence-electron chi connectivity index (χ2n) is 7.66. The molecular formula is C19H26N5O4P. The van der Waals surface area contributed by atoms with Gasteiger partial charge in [0.05, 0.1) is 11.0 Å². The lowest BCUT2D eigenvalue weighted by Crippen LogP contribution is -2.29. The highest BCUT2D eigenvalue weighted by Gasteiger charge is 2.20. The van der Waals surface area contributed by atoms with Gasteiger partial charge in [0.1, 0.15) is 0 Å². The summed E-state index contributed by atoms with van der Waals surface area (Å²) in [5, 5.41) is 0. The topological polar surface area (TPSA) is 121 Å². The van der Waals surface area contributed by atoms with Crippen LogP contribution in [0, 0.1) is 6.92 Å². The van der Waals surface area contributed by atoms with Crippen LogP contribution in [0.5, 0.6) is 0 Å². The first kappa shape index (κ1) is 21.2. The second kappa shape index (κ2) is 8.08. The van der Waals surface area contributed by atoms with Crippen molar-refractivity contribution in [2.75, 3.05) is 31.8 Å². The average molecular weight is 419 g/mol. The van der Waals surface area contributed by atoms with Crippen LogP contribution in [0.2, 0.25) is 0 Å². The fraction of sp³-hybridized carbons (Fsp3) is 0.474. The molecule has 29 heavy (non-hydrogen) atoms. The molecule has 2 aliphatic heterocycles. The molecule has 0 saturated carbocycles. The van der Waals surface area contributed by atoms with Crippen LogP contribution in [0.25, 0.3) is 22.6 Å². The standard InChI is InChI=1S/C19H26N5O4P/c1-12-10-13-15(11-14(12)23(2)3)24(8-6-5-7-9-29(4,27)28)17-16(20-13)18(25)22-19(26)21-17/h10-11H,5-9H2,1-4H3,(H,27,28)(H,22,25,26). The van der Waals surface area contributed by atoms with Crippen molar-refractivity contribution >= 4 is 24.1 Å². The third kappa shape index (κ3) is 4.74. The summed E-state index contributed by atoms with van der Waals surface area (Å²) in [7, 11) is 0.882. The van der Waals surface area contributed by atoms with Gasteiger partial charge in [-0.2, -0.15) is 4.98 Å². The Balaban J connectivity index is 2.09. The second-order valence-corrected chi connectivity index (χ2v) is 10.2. The molecule has 9 nitrogen and oxygen atoms in total. The molecule has 0 amide bonds. The van der Waals surface area contributed by atoms with E-state index in [4.69, 9.17) is 0 Å². The van der Waals surface area contributed by atoms with Crippen molar-refractivity contribution in [1.82, 2.24) is 19.5 Å². The fourth-order valence-corrected chi connectivity index (χ4v) is 4.30. The summed E-state index contributed by atoms with van der Waals surface area (Å²) in [5.74, 6) is 0.253. The number of H-pyrrole nitrogens is 1. The van der Waals surface area contributed by atoms with Crippen molar-refractivity contribution in [1.29, 1.82) is 0 Å². The van der Waals surface area contributed by atoms with Crippen LogP contribution in [0.4, 0.5) is 5.69 Å². The number of unbranched alkanes of at least 4 members (excludes halogenated alkanes) is 2. The van der Waals surface area contributed by atoms with Crippen LogP contribution >= 0.6 is 7.37 Å². The Bertz CT molecular complexity index is 1180. The van der Waals surface area contributed by atoms with Gasteiger partial charge < -0.3 is 14.4 Å². The number of fused-ring (bicyclic) bond motifs is 2. The van der Waals surface area contributed by atoms with E-state index in [1.807, 2.05) is 42.6 Å². The van der Waals surface area contributed by atoms with E-state index >= 15 is 0 Å². The Labute approximate surface area is 168 Å². The SMILES string of the molecule is Cc1cc2nc3c(=O)[nH]c(=O)nc-3n(CCCCCP(C)(=O)O)c2cc1N(C)C. The van der Waals surface area contributed by atoms with E-state index in [9.17, 15) is 19.0 Å². The largest absolute Gasteiger partial charge is 0.377 e. The van der Waals surface area contributed by atoms with Gasteiger partial charge in [-0.3, -0.25) is 14.3 Å². The van der Waals surface area contributed by atoms with E-state index in [-0.39, 0.29) is 17.7 Å². The molecule has 0 aromatic heterocycles. The minimum Gasteiger partial charge on any atom is -0.377 e. The number of anilines is 1. The third-order valence-electron chi connectivity index (χ3n) is 4.86. The average Bonchev–Trinajstić information content (AvgIpc) is 2.59. The zero-order chi connectivity index (χ0) is 21.3. The molecule has 1 atom stereocenters. The van der Waals surface area contributed by atoms with Crippen molar-refractivity contribution in [3.8, 4) is 11.5 Å². The maximum Gasteiger partial charge on any atom is 0.349 e.